The molecule has 0 aliphatic carbocycles. The van der Waals surface area contributed by atoms with Crippen molar-refractivity contribution in [2.45, 2.75) is 25.7 Å². The second-order valence-corrected chi connectivity index (χ2v) is 5.62. The Labute approximate surface area is 143 Å². The molecule has 2 aromatic carbocycles. The molecule has 128 valence electrons. The van der Waals surface area contributed by atoms with Gasteiger partial charge in [-0.1, -0.05) is 30.3 Å². The van der Waals surface area contributed by atoms with Crippen LogP contribution in [0.15, 0.2) is 42.5 Å². The number of aliphatic hydroxyl groups excluding tert-OH is 1. The fourth-order valence-electron chi connectivity index (χ4n) is 2.76. The second kappa shape index (κ2) is 9.08. The fourth-order valence-corrected chi connectivity index (χ4v) is 2.76. The van der Waals surface area contributed by atoms with Gasteiger partial charge in [-0.3, -0.25) is 0 Å². The van der Waals surface area contributed by atoms with Gasteiger partial charge in [0.05, 0.1) is 14.2 Å². The van der Waals surface area contributed by atoms with Gasteiger partial charge in [0.1, 0.15) is 11.3 Å². The number of benzene rings is 2. The largest absolute Gasteiger partial charge is 0.496 e. The van der Waals surface area contributed by atoms with Crippen molar-refractivity contribution in [3.05, 3.63) is 64.7 Å². The molecular formula is C20H24O4. The first-order valence-electron chi connectivity index (χ1n) is 8.12. The molecule has 0 aliphatic heterocycles. The lowest BCUT2D eigenvalue weighted by Gasteiger charge is -2.11. The van der Waals surface area contributed by atoms with E-state index in [9.17, 15) is 4.79 Å². The standard InChI is InChI=1S/C20H24O4/c1-23-19-14-15(10-12-18(19)20(22)24-2)9-11-17-7-4-3-6-16(17)8-5-13-21/h3-4,6-7,10,12,14,21H,5,8-9,11,13H2,1-2H3. The van der Waals surface area contributed by atoms with Crippen LogP contribution in [0.25, 0.3) is 0 Å². The molecule has 0 spiro atoms. The summed E-state index contributed by atoms with van der Waals surface area (Å²) in [7, 11) is 2.91. The molecule has 1 N–H and O–H groups in total. The third kappa shape index (κ3) is 4.59. The van der Waals surface area contributed by atoms with Gasteiger partial charge in [0.25, 0.3) is 0 Å². The molecule has 0 heterocycles. The van der Waals surface area contributed by atoms with Gasteiger partial charge in [0, 0.05) is 6.61 Å². The maximum atomic E-state index is 11.7. The van der Waals surface area contributed by atoms with Gasteiger partial charge >= 0.3 is 5.97 Å². The molecule has 0 atom stereocenters. The molecule has 0 aliphatic rings. The van der Waals surface area contributed by atoms with Crippen molar-refractivity contribution in [2.24, 2.45) is 0 Å². The number of hydrogen-bond acceptors (Lipinski definition) is 4. The summed E-state index contributed by atoms with van der Waals surface area (Å²) in [4.78, 5) is 11.7. The zero-order valence-corrected chi connectivity index (χ0v) is 14.2. The molecule has 2 rings (SSSR count). The quantitative estimate of drug-likeness (QED) is 0.756. The van der Waals surface area contributed by atoms with Gasteiger partial charge in [-0.15, -0.1) is 0 Å². The number of aryl methyl sites for hydroxylation is 3. The van der Waals surface area contributed by atoms with Gasteiger partial charge in [-0.05, 0) is 54.5 Å². The zero-order chi connectivity index (χ0) is 17.4. The van der Waals surface area contributed by atoms with E-state index in [0.29, 0.717) is 11.3 Å². The maximum absolute atomic E-state index is 11.7. The van der Waals surface area contributed by atoms with E-state index in [1.807, 2.05) is 24.3 Å². The summed E-state index contributed by atoms with van der Waals surface area (Å²) in [6, 6.07) is 13.9. The molecule has 0 amide bonds. The van der Waals surface area contributed by atoms with Crippen LogP contribution in [0.1, 0.15) is 33.5 Å². The molecule has 0 saturated carbocycles. The smallest absolute Gasteiger partial charge is 0.341 e. The number of aliphatic hydroxyl groups is 1. The summed E-state index contributed by atoms with van der Waals surface area (Å²) in [5.74, 6) is 0.140. The minimum atomic E-state index is -0.396. The van der Waals surface area contributed by atoms with Crippen LogP contribution in [0.4, 0.5) is 0 Å². The Kier molecular flexibility index (Phi) is 6.82. The van der Waals surface area contributed by atoms with Gasteiger partial charge in [-0.25, -0.2) is 4.79 Å². The minimum Gasteiger partial charge on any atom is -0.496 e. The lowest BCUT2D eigenvalue weighted by molar-refractivity contribution is 0.0597. The second-order valence-electron chi connectivity index (χ2n) is 5.62. The van der Waals surface area contributed by atoms with Crippen LogP contribution in [0.3, 0.4) is 0 Å². The predicted octanol–water partition coefficient (Wildman–Crippen LogP) is 3.19. The number of methoxy groups -OCH3 is 2. The highest BCUT2D eigenvalue weighted by molar-refractivity contribution is 5.92. The van der Waals surface area contributed by atoms with E-state index in [2.05, 4.69) is 12.1 Å². The van der Waals surface area contributed by atoms with Gasteiger partial charge < -0.3 is 14.6 Å². The van der Waals surface area contributed by atoms with Crippen molar-refractivity contribution >= 4 is 5.97 Å². The van der Waals surface area contributed by atoms with Crippen LogP contribution in [-0.4, -0.2) is 31.9 Å². The van der Waals surface area contributed by atoms with Crippen molar-refractivity contribution in [3.8, 4) is 5.75 Å². The highest BCUT2D eigenvalue weighted by Gasteiger charge is 2.13. The van der Waals surface area contributed by atoms with E-state index >= 15 is 0 Å². The molecule has 0 radical (unpaired) electrons. The Morgan fingerprint density at radius 3 is 2.33 bits per heavy atom. The lowest BCUT2D eigenvalue weighted by Crippen LogP contribution is -2.05. The Morgan fingerprint density at radius 2 is 1.71 bits per heavy atom. The number of hydrogen-bond donors (Lipinski definition) is 1. The molecule has 4 nitrogen and oxygen atoms in total. The first-order chi connectivity index (χ1) is 11.7. The third-order valence-corrected chi connectivity index (χ3v) is 4.08. The fraction of sp³-hybridized carbons (Fsp3) is 0.350. The number of carbonyl (C=O) groups is 1. The summed E-state index contributed by atoms with van der Waals surface area (Å²) >= 11 is 0. The molecule has 2 aromatic rings. The predicted molar refractivity (Wildman–Crippen MR) is 93.6 cm³/mol. The molecule has 0 aromatic heterocycles. The molecule has 0 bridgehead atoms. The molecule has 0 saturated heterocycles. The summed E-state index contributed by atoms with van der Waals surface area (Å²) in [5.41, 5.74) is 4.12. The van der Waals surface area contributed by atoms with Crippen LogP contribution in [-0.2, 0) is 24.0 Å². The first-order valence-corrected chi connectivity index (χ1v) is 8.12. The van der Waals surface area contributed by atoms with Gasteiger partial charge in [0.2, 0.25) is 0 Å². The number of ether oxygens (including phenoxy) is 2. The number of carbonyl (C=O) groups excluding carboxylic acids is 1. The summed E-state index contributed by atoms with van der Waals surface area (Å²) in [6.07, 6.45) is 3.42. The molecule has 0 fully saturated rings. The molecular weight excluding hydrogens is 304 g/mol. The van der Waals surface area contributed by atoms with Crippen molar-refractivity contribution < 1.29 is 19.4 Å². The average Bonchev–Trinajstić information content (AvgIpc) is 2.64. The van der Waals surface area contributed by atoms with E-state index in [4.69, 9.17) is 14.6 Å². The minimum absolute atomic E-state index is 0.209. The summed E-state index contributed by atoms with van der Waals surface area (Å²) in [5, 5.41) is 9.02. The Hall–Kier alpha value is -2.33. The monoisotopic (exact) mass is 328 g/mol. The van der Waals surface area contributed by atoms with Crippen LogP contribution in [0.5, 0.6) is 5.75 Å². The summed E-state index contributed by atoms with van der Waals surface area (Å²) < 4.78 is 10.1. The van der Waals surface area contributed by atoms with Crippen molar-refractivity contribution in [2.75, 3.05) is 20.8 Å². The van der Waals surface area contributed by atoms with Gasteiger partial charge in [0.15, 0.2) is 0 Å². The van der Waals surface area contributed by atoms with Crippen molar-refractivity contribution in [1.82, 2.24) is 0 Å². The number of rotatable bonds is 8. The average molecular weight is 328 g/mol. The Morgan fingerprint density at radius 1 is 1.00 bits per heavy atom. The molecule has 0 unspecified atom stereocenters. The topological polar surface area (TPSA) is 55.8 Å². The van der Waals surface area contributed by atoms with Crippen molar-refractivity contribution in [3.63, 3.8) is 0 Å². The van der Waals surface area contributed by atoms with E-state index in [1.165, 1.54) is 18.2 Å². The van der Waals surface area contributed by atoms with E-state index in [0.717, 1.165) is 31.2 Å². The summed E-state index contributed by atoms with van der Waals surface area (Å²) in [6.45, 7) is 0.209. The highest BCUT2D eigenvalue weighted by Crippen LogP contribution is 2.22. The van der Waals surface area contributed by atoms with Crippen LogP contribution < -0.4 is 4.74 Å². The first kappa shape index (κ1) is 18.0. The maximum Gasteiger partial charge on any atom is 0.341 e. The van der Waals surface area contributed by atoms with Crippen LogP contribution in [0.2, 0.25) is 0 Å². The Balaban J connectivity index is 2.11. The SMILES string of the molecule is COC(=O)c1ccc(CCc2ccccc2CCCO)cc1OC. The molecule has 4 heteroatoms. The van der Waals surface area contributed by atoms with Crippen LogP contribution >= 0.6 is 0 Å². The Bertz CT molecular complexity index is 679. The van der Waals surface area contributed by atoms with E-state index in [-0.39, 0.29) is 6.61 Å². The van der Waals surface area contributed by atoms with Crippen LogP contribution in [0, 0.1) is 0 Å². The highest BCUT2D eigenvalue weighted by atomic mass is 16.5. The van der Waals surface area contributed by atoms with E-state index in [1.54, 1.807) is 13.2 Å². The number of esters is 1. The third-order valence-electron chi connectivity index (χ3n) is 4.08. The van der Waals surface area contributed by atoms with Crippen molar-refractivity contribution in [1.29, 1.82) is 0 Å². The lowest BCUT2D eigenvalue weighted by atomic mass is 9.96. The molecule has 24 heavy (non-hydrogen) atoms. The zero-order valence-electron chi connectivity index (χ0n) is 14.2. The van der Waals surface area contributed by atoms with Gasteiger partial charge in [-0.2, -0.15) is 0 Å². The van der Waals surface area contributed by atoms with E-state index < -0.39 is 5.97 Å². The normalized spacial score (nSPS) is 10.5.